The molecule has 3 heteroatoms. The molecule has 0 bridgehead atoms. The van der Waals surface area contributed by atoms with E-state index in [2.05, 4.69) is 0 Å². The molecule has 1 atom stereocenters. The topological polar surface area (TPSA) is 69.1 Å². The fraction of sp³-hybridized carbons (Fsp3) is 0.250. The number of nitrogens with two attached hydrogens (primary N) is 2. The van der Waals surface area contributed by atoms with Crippen molar-refractivity contribution in [3.8, 4) is 0 Å². The third-order valence-corrected chi connectivity index (χ3v) is 2.20. The van der Waals surface area contributed by atoms with Crippen molar-refractivity contribution in [2.45, 2.75) is 19.4 Å². The molecule has 0 fully saturated rings. The first kappa shape index (κ1) is 11.5. The van der Waals surface area contributed by atoms with Gasteiger partial charge in [-0.1, -0.05) is 42.0 Å². The fourth-order valence-corrected chi connectivity index (χ4v) is 1.30. The van der Waals surface area contributed by atoms with Gasteiger partial charge in [0.1, 0.15) is 0 Å². The summed E-state index contributed by atoms with van der Waals surface area (Å²) in [4.78, 5) is 10.7. The molecule has 0 heterocycles. The molecule has 1 rings (SSSR count). The van der Waals surface area contributed by atoms with Gasteiger partial charge >= 0.3 is 0 Å². The summed E-state index contributed by atoms with van der Waals surface area (Å²) >= 11 is 0. The number of hydrogen-bond donors (Lipinski definition) is 2. The van der Waals surface area contributed by atoms with E-state index < -0.39 is 0 Å². The summed E-state index contributed by atoms with van der Waals surface area (Å²) in [5.41, 5.74) is 12.9. The quantitative estimate of drug-likeness (QED) is 0.776. The summed E-state index contributed by atoms with van der Waals surface area (Å²) in [6.45, 7) is 1.90. The molecule has 0 saturated carbocycles. The molecule has 0 aromatic heterocycles. The van der Waals surface area contributed by atoms with Crippen molar-refractivity contribution >= 4 is 12.0 Å². The lowest BCUT2D eigenvalue weighted by molar-refractivity contribution is -0.118. The highest BCUT2D eigenvalue weighted by atomic mass is 16.1. The van der Waals surface area contributed by atoms with E-state index in [1.54, 1.807) is 0 Å². The highest BCUT2D eigenvalue weighted by molar-refractivity contribution is 5.75. The lowest BCUT2D eigenvalue weighted by atomic mass is 10.0. The van der Waals surface area contributed by atoms with Crippen LogP contribution in [0.15, 0.2) is 35.9 Å². The molecule has 1 aromatic rings. The molecule has 0 aliphatic rings. The maximum Gasteiger partial charge on any atom is 0.219 e. The summed E-state index contributed by atoms with van der Waals surface area (Å²) < 4.78 is 0. The second-order valence-corrected chi connectivity index (χ2v) is 3.58. The Morgan fingerprint density at radius 2 is 2.00 bits per heavy atom. The van der Waals surface area contributed by atoms with E-state index in [1.165, 1.54) is 0 Å². The predicted octanol–water partition coefficient (Wildman–Crippen LogP) is 1.29. The minimum Gasteiger partial charge on any atom is -0.370 e. The second kappa shape index (κ2) is 5.32. The summed E-state index contributed by atoms with van der Waals surface area (Å²) in [6.07, 6.45) is 2.16. The summed E-state index contributed by atoms with van der Waals surface area (Å²) in [7, 11) is 0. The molecular formula is C12H16N2O. The molecule has 0 radical (unpaired) electrons. The zero-order chi connectivity index (χ0) is 11.3. The first-order valence-electron chi connectivity index (χ1n) is 4.86. The standard InChI is InChI=1S/C12H16N2O/c1-9(11(13)8-12(14)15)7-10-5-3-2-4-6-10/h2-7,11H,8,13H2,1H3,(H2,14,15)/b9-7+. The molecule has 0 spiro atoms. The van der Waals surface area contributed by atoms with E-state index in [-0.39, 0.29) is 18.4 Å². The van der Waals surface area contributed by atoms with Crippen molar-refractivity contribution in [3.05, 3.63) is 41.5 Å². The second-order valence-electron chi connectivity index (χ2n) is 3.58. The molecule has 1 aromatic carbocycles. The number of benzene rings is 1. The number of rotatable bonds is 4. The highest BCUT2D eigenvalue weighted by Crippen LogP contribution is 2.09. The molecule has 4 N–H and O–H groups in total. The monoisotopic (exact) mass is 204 g/mol. The molecule has 3 nitrogen and oxygen atoms in total. The van der Waals surface area contributed by atoms with Crippen molar-refractivity contribution in [1.29, 1.82) is 0 Å². The molecule has 0 saturated heterocycles. The van der Waals surface area contributed by atoms with E-state index in [4.69, 9.17) is 11.5 Å². The summed E-state index contributed by atoms with van der Waals surface area (Å²) in [6, 6.07) is 9.55. The highest BCUT2D eigenvalue weighted by Gasteiger charge is 2.07. The van der Waals surface area contributed by atoms with Gasteiger partial charge in [0.05, 0.1) is 0 Å². The average molecular weight is 204 g/mol. The van der Waals surface area contributed by atoms with Gasteiger partial charge in [0.15, 0.2) is 0 Å². The van der Waals surface area contributed by atoms with Crippen LogP contribution in [-0.2, 0) is 4.79 Å². The van der Waals surface area contributed by atoms with Crippen LogP contribution in [-0.4, -0.2) is 11.9 Å². The molecule has 1 unspecified atom stereocenters. The minimum atomic E-state index is -0.372. The van der Waals surface area contributed by atoms with Gasteiger partial charge in [0, 0.05) is 12.5 Å². The van der Waals surface area contributed by atoms with E-state index in [0.29, 0.717) is 0 Å². The van der Waals surface area contributed by atoms with Gasteiger partial charge in [-0.05, 0) is 12.5 Å². The Hall–Kier alpha value is -1.61. The maximum atomic E-state index is 10.7. The number of carbonyl (C=O) groups excluding carboxylic acids is 1. The van der Waals surface area contributed by atoms with Gasteiger partial charge in [0.25, 0.3) is 0 Å². The number of primary amides is 1. The Labute approximate surface area is 89.8 Å². The number of hydrogen-bond acceptors (Lipinski definition) is 2. The van der Waals surface area contributed by atoms with E-state index in [9.17, 15) is 4.79 Å². The number of carbonyl (C=O) groups is 1. The normalized spacial score (nSPS) is 13.6. The Morgan fingerprint density at radius 3 is 2.53 bits per heavy atom. The van der Waals surface area contributed by atoms with Crippen LogP contribution in [0.1, 0.15) is 18.9 Å². The third kappa shape index (κ3) is 3.95. The Morgan fingerprint density at radius 1 is 1.40 bits per heavy atom. The van der Waals surface area contributed by atoms with Crippen LogP contribution in [0.3, 0.4) is 0 Å². The largest absolute Gasteiger partial charge is 0.370 e. The SMILES string of the molecule is C/C(=C\c1ccccc1)C(N)CC(N)=O. The van der Waals surface area contributed by atoms with Crippen molar-refractivity contribution in [2.75, 3.05) is 0 Å². The van der Waals surface area contributed by atoms with Crippen LogP contribution in [0.4, 0.5) is 0 Å². The van der Waals surface area contributed by atoms with Crippen LogP contribution in [0, 0.1) is 0 Å². The van der Waals surface area contributed by atoms with Crippen molar-refractivity contribution < 1.29 is 4.79 Å². The van der Waals surface area contributed by atoms with Gasteiger partial charge in [-0.15, -0.1) is 0 Å². The molecule has 0 aliphatic heterocycles. The Balaban J connectivity index is 2.71. The fourth-order valence-electron chi connectivity index (χ4n) is 1.30. The van der Waals surface area contributed by atoms with Gasteiger partial charge in [0.2, 0.25) is 5.91 Å². The first-order chi connectivity index (χ1) is 7.09. The van der Waals surface area contributed by atoms with E-state index in [1.807, 2.05) is 43.3 Å². The lowest BCUT2D eigenvalue weighted by Gasteiger charge is -2.09. The van der Waals surface area contributed by atoms with Crippen LogP contribution in [0.5, 0.6) is 0 Å². The average Bonchev–Trinajstić information content (AvgIpc) is 2.18. The van der Waals surface area contributed by atoms with E-state index >= 15 is 0 Å². The summed E-state index contributed by atoms with van der Waals surface area (Å²) in [5.74, 6) is -0.372. The zero-order valence-corrected chi connectivity index (χ0v) is 8.81. The van der Waals surface area contributed by atoms with E-state index in [0.717, 1.165) is 11.1 Å². The molecule has 80 valence electrons. The molecule has 15 heavy (non-hydrogen) atoms. The van der Waals surface area contributed by atoms with Crippen LogP contribution >= 0.6 is 0 Å². The smallest absolute Gasteiger partial charge is 0.219 e. The van der Waals surface area contributed by atoms with Gasteiger partial charge in [-0.2, -0.15) is 0 Å². The zero-order valence-electron chi connectivity index (χ0n) is 8.81. The molecule has 1 amide bonds. The van der Waals surface area contributed by atoms with Crippen molar-refractivity contribution in [1.82, 2.24) is 0 Å². The number of amides is 1. The van der Waals surface area contributed by atoms with Crippen molar-refractivity contribution in [3.63, 3.8) is 0 Å². The maximum absolute atomic E-state index is 10.7. The first-order valence-corrected chi connectivity index (χ1v) is 4.86. The minimum absolute atomic E-state index is 0.190. The predicted molar refractivity (Wildman–Crippen MR) is 61.9 cm³/mol. The molecule has 0 aliphatic carbocycles. The van der Waals surface area contributed by atoms with Gasteiger partial charge < -0.3 is 11.5 Å². The Kier molecular flexibility index (Phi) is 4.06. The van der Waals surface area contributed by atoms with Crippen molar-refractivity contribution in [2.24, 2.45) is 11.5 Å². The van der Waals surface area contributed by atoms with Gasteiger partial charge in [-0.3, -0.25) is 4.79 Å². The van der Waals surface area contributed by atoms with Gasteiger partial charge in [-0.25, -0.2) is 0 Å². The van der Waals surface area contributed by atoms with Crippen LogP contribution < -0.4 is 11.5 Å². The van der Waals surface area contributed by atoms with Crippen LogP contribution in [0.25, 0.3) is 6.08 Å². The Bertz CT molecular complexity index is 357. The van der Waals surface area contributed by atoms with Crippen LogP contribution in [0.2, 0.25) is 0 Å². The lowest BCUT2D eigenvalue weighted by Crippen LogP contribution is -2.28. The molecular weight excluding hydrogens is 188 g/mol. The third-order valence-electron chi connectivity index (χ3n) is 2.20. The summed E-state index contributed by atoms with van der Waals surface area (Å²) in [5, 5.41) is 0.